The minimum atomic E-state index is -4.41. The first-order valence-corrected chi connectivity index (χ1v) is 40.2. The lowest BCUT2D eigenvalue weighted by molar-refractivity contribution is -0.161. The number of phosphoric ester groups is 1. The van der Waals surface area contributed by atoms with Gasteiger partial charge in [-0.1, -0.05) is 353 Å². The number of rotatable bonds is 72. The van der Waals surface area contributed by atoms with E-state index in [-0.39, 0.29) is 38.6 Å². The van der Waals surface area contributed by atoms with E-state index in [1.54, 1.807) is 0 Å². The average Bonchev–Trinajstić information content (AvgIpc) is 3.04. The second kappa shape index (κ2) is 77.2. The topological polar surface area (TPSA) is 134 Å². The van der Waals surface area contributed by atoms with Crippen molar-refractivity contribution in [2.24, 2.45) is 5.73 Å². The molecule has 2 atom stereocenters. The maximum atomic E-state index is 12.8. The van der Waals surface area contributed by atoms with Crippen LogP contribution in [0.4, 0.5) is 0 Å². The number of ether oxygens (including phenoxy) is 2. The zero-order chi connectivity index (χ0) is 67.2. The van der Waals surface area contributed by atoms with Gasteiger partial charge in [0.1, 0.15) is 6.61 Å². The molecule has 10 heteroatoms. The van der Waals surface area contributed by atoms with Crippen molar-refractivity contribution in [1.82, 2.24) is 0 Å². The van der Waals surface area contributed by atoms with Crippen LogP contribution in [0.3, 0.4) is 0 Å². The Morgan fingerprint density at radius 1 is 0.333 bits per heavy atom. The Bertz CT molecular complexity index is 1990. The number of esters is 2. The van der Waals surface area contributed by atoms with Crippen molar-refractivity contribution in [2.75, 3.05) is 26.4 Å². The molecule has 0 bridgehead atoms. The second-order valence-corrected chi connectivity index (χ2v) is 26.9. The lowest BCUT2D eigenvalue weighted by Crippen LogP contribution is -2.29. The van der Waals surface area contributed by atoms with Gasteiger partial charge in [-0.25, -0.2) is 4.57 Å². The summed E-state index contributed by atoms with van der Waals surface area (Å²) >= 11 is 0. The van der Waals surface area contributed by atoms with Crippen molar-refractivity contribution in [3.05, 3.63) is 134 Å². The summed E-state index contributed by atoms with van der Waals surface area (Å²) in [5, 5.41) is 0. The number of carbonyl (C=O) groups is 2. The summed E-state index contributed by atoms with van der Waals surface area (Å²) in [4.78, 5) is 35.4. The minimum Gasteiger partial charge on any atom is -0.462 e. The molecule has 0 aliphatic carbocycles. The first kappa shape index (κ1) is 89.2. The third-order valence-corrected chi connectivity index (χ3v) is 17.5. The van der Waals surface area contributed by atoms with Gasteiger partial charge in [0.15, 0.2) is 6.10 Å². The Balaban J connectivity index is 3.90. The van der Waals surface area contributed by atoms with Crippen LogP contribution in [0.5, 0.6) is 0 Å². The van der Waals surface area contributed by atoms with Crippen LogP contribution >= 0.6 is 7.82 Å². The third-order valence-electron chi connectivity index (χ3n) is 16.5. The fourth-order valence-corrected chi connectivity index (χ4v) is 11.6. The molecule has 9 nitrogen and oxygen atoms in total. The van der Waals surface area contributed by atoms with E-state index in [1.807, 2.05) is 0 Å². The standard InChI is InChI=1S/C83H144NO8P/c1-3-5-7-9-11-13-15-17-19-21-23-25-27-29-31-33-35-37-39-40-42-44-46-48-50-52-54-56-58-60-62-64-66-68-70-72-74-76-83(86)92-81(80-91-93(87,88)90-78-77-84)79-89-82(85)75-73-71-69-67-65-63-61-59-57-55-53-51-49-47-45-43-41-38-36-34-32-30-28-26-24-22-20-18-16-14-12-10-8-6-4-2/h5,7,11,13,17,19,22-25,29,31,35,37,40,42,46,48,52,54,58,60,81H,3-4,6,8-10,12,14-16,18,20-21,26-28,30,32-34,36,38-39,41,43-45,47,49-51,53,55-57,59,61-80,84H2,1-2H3,(H,87,88)/b7-5-,13-11-,19-17-,24-22-,25-23-,31-29-,37-35-,42-40-,48-46-,54-52-,60-58-. The fraction of sp³-hybridized carbons (Fsp3) is 0.711. The molecule has 0 spiro atoms. The van der Waals surface area contributed by atoms with Gasteiger partial charge in [0.2, 0.25) is 0 Å². The van der Waals surface area contributed by atoms with E-state index in [9.17, 15) is 19.0 Å². The van der Waals surface area contributed by atoms with Crippen LogP contribution in [-0.2, 0) is 32.7 Å². The first-order chi connectivity index (χ1) is 45.8. The zero-order valence-electron chi connectivity index (χ0n) is 60.2. The molecule has 534 valence electrons. The van der Waals surface area contributed by atoms with Gasteiger partial charge in [-0.2, -0.15) is 0 Å². The highest BCUT2D eigenvalue weighted by atomic mass is 31.2. The number of hydrogen-bond acceptors (Lipinski definition) is 8. The number of carbonyl (C=O) groups excluding carboxylic acids is 2. The summed E-state index contributed by atoms with van der Waals surface area (Å²) in [7, 11) is -4.41. The summed E-state index contributed by atoms with van der Waals surface area (Å²) in [6.07, 6.45) is 110. The Labute approximate surface area is 574 Å². The van der Waals surface area contributed by atoms with E-state index in [4.69, 9.17) is 24.3 Å². The van der Waals surface area contributed by atoms with Crippen LogP contribution in [0.15, 0.2) is 134 Å². The predicted molar refractivity (Wildman–Crippen MR) is 404 cm³/mol. The summed E-state index contributed by atoms with van der Waals surface area (Å²) in [5.41, 5.74) is 5.41. The van der Waals surface area contributed by atoms with Gasteiger partial charge in [-0.15, -0.1) is 0 Å². The third kappa shape index (κ3) is 77.0. The van der Waals surface area contributed by atoms with Gasteiger partial charge in [0.05, 0.1) is 13.2 Å². The lowest BCUT2D eigenvalue weighted by atomic mass is 10.0. The molecule has 0 aliphatic rings. The number of hydrogen-bond donors (Lipinski definition) is 2. The SMILES string of the molecule is CC/C=C\C/C=C\C/C=C\C/C=C\C/C=C\C/C=C\C/C=C\C/C=C\C/C=C\C/C=C\CCCCCCCCC(=O)OC(COC(=O)CCCCCCCCCCCCCCCCCCCCCCCCC/C=C\CCCCCCCCCC)COP(=O)(O)OCCN. The zero-order valence-corrected chi connectivity index (χ0v) is 61.1. The molecule has 93 heavy (non-hydrogen) atoms. The Kier molecular flexibility index (Phi) is 74.0. The van der Waals surface area contributed by atoms with Gasteiger partial charge in [-0.3, -0.25) is 18.6 Å². The summed E-state index contributed by atoms with van der Waals surface area (Å²) in [5.74, 6) is -0.840. The summed E-state index contributed by atoms with van der Waals surface area (Å²) in [6.45, 7) is 3.64. The Morgan fingerprint density at radius 2 is 0.591 bits per heavy atom. The van der Waals surface area contributed by atoms with E-state index in [0.717, 1.165) is 122 Å². The number of phosphoric acid groups is 1. The van der Waals surface area contributed by atoms with Crippen molar-refractivity contribution in [3.8, 4) is 0 Å². The maximum absolute atomic E-state index is 12.8. The maximum Gasteiger partial charge on any atom is 0.472 e. The highest BCUT2D eigenvalue weighted by Gasteiger charge is 2.26. The molecule has 0 amide bonds. The Hall–Kier alpha value is -3.85. The summed E-state index contributed by atoms with van der Waals surface area (Å²) in [6, 6.07) is 0. The van der Waals surface area contributed by atoms with Crippen LogP contribution in [0.25, 0.3) is 0 Å². The van der Waals surface area contributed by atoms with Gasteiger partial charge >= 0.3 is 19.8 Å². The van der Waals surface area contributed by atoms with E-state index >= 15 is 0 Å². The minimum absolute atomic E-state index is 0.0458. The normalized spacial score (nSPS) is 13.6. The molecular formula is C83H144NO8P. The van der Waals surface area contributed by atoms with Crippen LogP contribution < -0.4 is 5.73 Å². The van der Waals surface area contributed by atoms with Crippen LogP contribution in [0.2, 0.25) is 0 Å². The molecule has 0 rings (SSSR count). The van der Waals surface area contributed by atoms with Gasteiger partial charge in [0, 0.05) is 19.4 Å². The van der Waals surface area contributed by atoms with Crippen molar-refractivity contribution >= 4 is 19.8 Å². The van der Waals surface area contributed by atoms with E-state index in [0.29, 0.717) is 6.42 Å². The molecule has 0 aromatic carbocycles. The van der Waals surface area contributed by atoms with Crippen molar-refractivity contribution in [2.45, 2.75) is 354 Å². The van der Waals surface area contributed by atoms with Gasteiger partial charge in [-0.05, 0) is 116 Å². The molecule has 0 saturated carbocycles. The predicted octanol–water partition coefficient (Wildman–Crippen LogP) is 26.0. The second-order valence-electron chi connectivity index (χ2n) is 25.5. The lowest BCUT2D eigenvalue weighted by Gasteiger charge is -2.19. The Morgan fingerprint density at radius 3 is 0.892 bits per heavy atom. The van der Waals surface area contributed by atoms with Crippen LogP contribution in [-0.4, -0.2) is 49.3 Å². The van der Waals surface area contributed by atoms with Crippen molar-refractivity contribution in [3.63, 3.8) is 0 Å². The molecule has 0 aliphatic heterocycles. The fourth-order valence-electron chi connectivity index (χ4n) is 10.8. The molecule has 0 saturated heterocycles. The smallest absolute Gasteiger partial charge is 0.462 e. The van der Waals surface area contributed by atoms with Crippen molar-refractivity contribution < 1.29 is 37.6 Å². The molecule has 0 radical (unpaired) electrons. The molecule has 2 unspecified atom stereocenters. The monoisotopic (exact) mass is 1310 g/mol. The number of nitrogens with two attached hydrogens (primary N) is 1. The van der Waals surface area contributed by atoms with Gasteiger partial charge < -0.3 is 20.1 Å². The highest BCUT2D eigenvalue weighted by Crippen LogP contribution is 2.43. The molecule has 0 aromatic heterocycles. The number of allylic oxidation sites excluding steroid dienone is 22. The van der Waals surface area contributed by atoms with Crippen LogP contribution in [0, 0.1) is 0 Å². The average molecular weight is 1320 g/mol. The molecule has 0 fully saturated rings. The quantitative estimate of drug-likeness (QED) is 0.0264. The van der Waals surface area contributed by atoms with Crippen molar-refractivity contribution in [1.29, 1.82) is 0 Å². The molecular weight excluding hydrogens is 1170 g/mol. The van der Waals surface area contributed by atoms with Crippen LogP contribution in [0.1, 0.15) is 348 Å². The highest BCUT2D eigenvalue weighted by molar-refractivity contribution is 7.47. The molecule has 3 N–H and O–H groups in total. The first-order valence-electron chi connectivity index (χ1n) is 38.7. The van der Waals surface area contributed by atoms with E-state index < -0.39 is 26.5 Å². The molecule has 0 aromatic rings. The van der Waals surface area contributed by atoms with E-state index in [2.05, 4.69) is 148 Å². The number of unbranched alkanes of at least 4 members (excludes halogenated alkanes) is 37. The largest absolute Gasteiger partial charge is 0.472 e. The van der Waals surface area contributed by atoms with E-state index in [1.165, 1.54) is 193 Å². The summed E-state index contributed by atoms with van der Waals surface area (Å²) < 4.78 is 33.2. The van der Waals surface area contributed by atoms with Gasteiger partial charge in [0.25, 0.3) is 0 Å². The molecule has 0 heterocycles.